The Labute approximate surface area is 167 Å². The van der Waals surface area contributed by atoms with Crippen molar-refractivity contribution in [3.05, 3.63) is 53.9 Å². The first-order chi connectivity index (χ1) is 14.1. The molecule has 2 aromatic heterocycles. The second kappa shape index (κ2) is 6.80. The standard InChI is InChI=1S/C14H14N4O2.C7H6O2/c1-17-7-12(19)18-6-10-9(5-11(18)14(17)20)8-3-2-4-15-13(8)16-10;1-2-4-7-6(3-1)8-5-9-7/h2-4,11H,5-7H2,1H3,(H,15,16);1-4H,5H2/t11-;/m1./s1. The van der Waals surface area contributed by atoms with Crippen LogP contribution >= 0.6 is 0 Å². The number of carbonyl (C=O) groups is 2. The van der Waals surface area contributed by atoms with Gasteiger partial charge >= 0.3 is 0 Å². The van der Waals surface area contributed by atoms with Gasteiger partial charge in [0.05, 0.1) is 13.1 Å². The summed E-state index contributed by atoms with van der Waals surface area (Å²) in [5.74, 6) is 1.72. The zero-order valence-electron chi connectivity index (χ0n) is 15.9. The number of ether oxygens (including phenoxy) is 2. The third kappa shape index (κ3) is 2.97. The van der Waals surface area contributed by atoms with E-state index in [2.05, 4.69) is 9.97 Å². The van der Waals surface area contributed by atoms with Crippen LogP contribution in [-0.4, -0.2) is 58.0 Å². The third-order valence-electron chi connectivity index (χ3n) is 5.50. The van der Waals surface area contributed by atoms with Gasteiger partial charge in [0.1, 0.15) is 11.7 Å². The molecule has 3 aromatic rings. The van der Waals surface area contributed by atoms with Gasteiger partial charge in [-0.05, 0) is 29.8 Å². The van der Waals surface area contributed by atoms with Crippen LogP contribution in [0.4, 0.5) is 0 Å². The molecule has 0 unspecified atom stereocenters. The molecule has 1 saturated heterocycles. The van der Waals surface area contributed by atoms with Crippen molar-refractivity contribution >= 4 is 22.8 Å². The van der Waals surface area contributed by atoms with Crippen molar-refractivity contribution in [2.24, 2.45) is 0 Å². The summed E-state index contributed by atoms with van der Waals surface area (Å²) in [7, 11) is 1.68. The van der Waals surface area contributed by atoms with Gasteiger partial charge in [0.25, 0.3) is 0 Å². The number of nitrogens with one attached hydrogen (secondary N) is 1. The molecule has 2 amide bonds. The Morgan fingerprint density at radius 3 is 2.59 bits per heavy atom. The van der Waals surface area contributed by atoms with Gasteiger partial charge in [-0.1, -0.05) is 12.1 Å². The van der Waals surface area contributed by atoms with E-state index in [1.807, 2.05) is 36.4 Å². The highest BCUT2D eigenvalue weighted by Gasteiger charge is 2.41. The maximum absolute atomic E-state index is 12.3. The summed E-state index contributed by atoms with van der Waals surface area (Å²) in [4.78, 5) is 35.2. The number of aromatic nitrogens is 2. The number of benzene rings is 1. The number of hydrogen-bond acceptors (Lipinski definition) is 5. The van der Waals surface area contributed by atoms with E-state index in [1.165, 1.54) is 4.90 Å². The first-order valence-electron chi connectivity index (χ1n) is 9.45. The number of H-pyrrole nitrogens is 1. The fourth-order valence-electron chi connectivity index (χ4n) is 4.04. The molecule has 5 heterocycles. The topological polar surface area (TPSA) is 87.8 Å². The number of likely N-dealkylation sites (N-methyl/N-ethyl adjacent to an activating group) is 1. The first-order valence-corrected chi connectivity index (χ1v) is 9.45. The number of aromatic amines is 1. The number of fused-ring (bicyclic) bond motifs is 5. The Morgan fingerprint density at radius 1 is 1.07 bits per heavy atom. The smallest absolute Gasteiger partial charge is 0.245 e. The molecule has 1 fully saturated rings. The minimum absolute atomic E-state index is 0.00867. The number of nitrogens with zero attached hydrogens (tertiary/aromatic N) is 3. The van der Waals surface area contributed by atoms with E-state index in [0.29, 0.717) is 19.8 Å². The maximum Gasteiger partial charge on any atom is 0.245 e. The Morgan fingerprint density at radius 2 is 1.83 bits per heavy atom. The van der Waals surface area contributed by atoms with Crippen LogP contribution in [0.1, 0.15) is 11.3 Å². The van der Waals surface area contributed by atoms with Crippen molar-refractivity contribution in [2.45, 2.75) is 19.0 Å². The highest BCUT2D eigenvalue weighted by atomic mass is 16.7. The number of para-hydroxylation sites is 2. The molecule has 0 saturated carbocycles. The predicted octanol–water partition coefficient (Wildman–Crippen LogP) is 1.70. The van der Waals surface area contributed by atoms with Crippen LogP contribution in [0.5, 0.6) is 11.5 Å². The van der Waals surface area contributed by atoms with E-state index in [9.17, 15) is 9.59 Å². The normalized spacial score (nSPS) is 19.6. The highest BCUT2D eigenvalue weighted by molar-refractivity contribution is 5.96. The summed E-state index contributed by atoms with van der Waals surface area (Å²) in [6.45, 7) is 0.997. The number of amides is 2. The van der Waals surface area contributed by atoms with E-state index in [0.717, 1.165) is 33.8 Å². The average Bonchev–Trinajstić information content (AvgIpc) is 3.35. The summed E-state index contributed by atoms with van der Waals surface area (Å²) in [5.41, 5.74) is 2.94. The van der Waals surface area contributed by atoms with Gasteiger partial charge in [0.15, 0.2) is 11.5 Å². The van der Waals surface area contributed by atoms with Crippen LogP contribution < -0.4 is 9.47 Å². The monoisotopic (exact) mass is 392 g/mol. The molecule has 1 aromatic carbocycles. The lowest BCUT2D eigenvalue weighted by molar-refractivity contribution is -0.155. The van der Waals surface area contributed by atoms with Crippen molar-refractivity contribution in [3.8, 4) is 11.5 Å². The van der Waals surface area contributed by atoms with E-state index >= 15 is 0 Å². The highest BCUT2D eigenvalue weighted by Crippen LogP contribution is 2.32. The molecule has 8 heteroatoms. The largest absolute Gasteiger partial charge is 0.454 e. The van der Waals surface area contributed by atoms with Crippen molar-refractivity contribution in [1.82, 2.24) is 19.8 Å². The van der Waals surface area contributed by atoms with Gasteiger partial charge in [-0.15, -0.1) is 0 Å². The molecule has 6 rings (SSSR count). The Balaban J connectivity index is 0.000000168. The van der Waals surface area contributed by atoms with Crippen LogP contribution in [0, 0.1) is 0 Å². The number of pyridine rings is 1. The minimum Gasteiger partial charge on any atom is -0.454 e. The predicted molar refractivity (Wildman–Crippen MR) is 104 cm³/mol. The fraction of sp³-hybridized carbons (Fsp3) is 0.286. The summed E-state index contributed by atoms with van der Waals surface area (Å²) in [6.07, 6.45) is 2.30. The zero-order valence-corrected chi connectivity index (χ0v) is 15.9. The van der Waals surface area contributed by atoms with Crippen LogP contribution in [0.15, 0.2) is 42.6 Å². The maximum atomic E-state index is 12.3. The fourth-order valence-corrected chi connectivity index (χ4v) is 4.04. The molecule has 1 N–H and O–H groups in total. The van der Waals surface area contributed by atoms with Gasteiger partial charge in [-0.3, -0.25) is 9.59 Å². The molecule has 29 heavy (non-hydrogen) atoms. The van der Waals surface area contributed by atoms with Gasteiger partial charge in [-0.25, -0.2) is 4.98 Å². The van der Waals surface area contributed by atoms with Crippen LogP contribution in [0.25, 0.3) is 11.0 Å². The summed E-state index contributed by atoms with van der Waals surface area (Å²) >= 11 is 0. The molecule has 0 radical (unpaired) electrons. The molecule has 8 nitrogen and oxygen atoms in total. The van der Waals surface area contributed by atoms with Crippen LogP contribution in [0.2, 0.25) is 0 Å². The molecule has 1 atom stereocenters. The van der Waals surface area contributed by atoms with Gasteiger partial charge < -0.3 is 24.3 Å². The van der Waals surface area contributed by atoms with Crippen molar-refractivity contribution < 1.29 is 19.1 Å². The minimum atomic E-state index is -0.368. The Hall–Kier alpha value is -3.55. The average molecular weight is 392 g/mol. The third-order valence-corrected chi connectivity index (χ3v) is 5.50. The van der Waals surface area contributed by atoms with Crippen LogP contribution in [0.3, 0.4) is 0 Å². The van der Waals surface area contributed by atoms with E-state index in [4.69, 9.17) is 9.47 Å². The summed E-state index contributed by atoms with van der Waals surface area (Å²) < 4.78 is 10.2. The molecule has 3 aliphatic rings. The summed E-state index contributed by atoms with van der Waals surface area (Å²) in [6, 6.07) is 11.2. The molecule has 3 aliphatic heterocycles. The molecule has 0 spiro atoms. The van der Waals surface area contributed by atoms with Crippen LogP contribution in [-0.2, 0) is 22.6 Å². The van der Waals surface area contributed by atoms with Gasteiger partial charge in [0, 0.05) is 30.7 Å². The second-order valence-corrected chi connectivity index (χ2v) is 7.27. The lowest BCUT2D eigenvalue weighted by Crippen LogP contribution is -2.60. The zero-order chi connectivity index (χ0) is 20.0. The summed E-state index contributed by atoms with van der Waals surface area (Å²) in [5, 5.41) is 1.05. The SMILES string of the molecule is CN1CC(=O)N2Cc3[nH]c4ncccc4c3C[C@@H]2C1=O.c1ccc2c(c1)OCO2. The molecule has 148 valence electrons. The van der Waals surface area contributed by atoms with Crippen molar-refractivity contribution in [3.63, 3.8) is 0 Å². The lowest BCUT2D eigenvalue weighted by atomic mass is 9.94. The Kier molecular flexibility index (Phi) is 4.12. The van der Waals surface area contributed by atoms with E-state index < -0.39 is 0 Å². The number of carbonyl (C=O) groups excluding carboxylic acids is 2. The van der Waals surface area contributed by atoms with Gasteiger partial charge in [-0.2, -0.15) is 0 Å². The van der Waals surface area contributed by atoms with E-state index in [1.54, 1.807) is 18.1 Å². The molecular formula is C21H20N4O4. The molecular weight excluding hydrogens is 372 g/mol. The number of rotatable bonds is 0. The van der Waals surface area contributed by atoms with E-state index in [-0.39, 0.29) is 24.4 Å². The van der Waals surface area contributed by atoms with Crippen molar-refractivity contribution in [2.75, 3.05) is 20.4 Å². The van der Waals surface area contributed by atoms with Crippen molar-refractivity contribution in [1.29, 1.82) is 0 Å². The molecule has 0 bridgehead atoms. The quantitative estimate of drug-likeness (QED) is 0.629. The second-order valence-electron chi connectivity index (χ2n) is 7.27. The van der Waals surface area contributed by atoms with Gasteiger partial charge in [0.2, 0.25) is 18.6 Å². The number of hydrogen-bond donors (Lipinski definition) is 1. The molecule has 0 aliphatic carbocycles. The number of piperazine rings is 1. The Bertz CT molecular complexity index is 1090. The first kappa shape index (κ1) is 17.5. The lowest BCUT2D eigenvalue weighted by Gasteiger charge is -2.41.